The summed E-state index contributed by atoms with van der Waals surface area (Å²) in [5.74, 6) is 0.487. The standard InChI is InChI=1S/C15H18ClN3OS/c16-7-3-4-14(20)18-15-17-12-6-5-11(10-13(12)21-15)19-8-1-2-9-19/h5-6,10H,1-4,7-9H2,(H,17,18,20). The Hall–Kier alpha value is -1.33. The summed E-state index contributed by atoms with van der Waals surface area (Å²) in [7, 11) is 0. The number of nitrogens with zero attached hydrogens (tertiary/aromatic N) is 2. The molecule has 3 rings (SSSR count). The Labute approximate surface area is 133 Å². The van der Waals surface area contributed by atoms with Gasteiger partial charge in [0.25, 0.3) is 0 Å². The zero-order chi connectivity index (χ0) is 14.7. The number of fused-ring (bicyclic) bond motifs is 1. The maximum Gasteiger partial charge on any atom is 0.226 e. The van der Waals surface area contributed by atoms with Crippen LogP contribution >= 0.6 is 22.9 Å². The number of rotatable bonds is 5. The molecule has 1 aromatic heterocycles. The number of alkyl halides is 1. The normalized spacial score (nSPS) is 14.8. The van der Waals surface area contributed by atoms with E-state index in [4.69, 9.17) is 11.6 Å². The number of anilines is 2. The average Bonchev–Trinajstić information content (AvgIpc) is 3.12. The van der Waals surface area contributed by atoms with Gasteiger partial charge in [0.15, 0.2) is 5.13 Å². The van der Waals surface area contributed by atoms with Gasteiger partial charge in [0.1, 0.15) is 0 Å². The molecule has 0 spiro atoms. The number of nitrogens with one attached hydrogen (secondary N) is 1. The second-order valence-corrected chi connectivity index (χ2v) is 6.61. The van der Waals surface area contributed by atoms with Crippen molar-refractivity contribution in [2.45, 2.75) is 25.7 Å². The second-order valence-electron chi connectivity index (χ2n) is 5.21. The molecular formula is C15H18ClN3OS. The number of hydrogen-bond acceptors (Lipinski definition) is 4. The Morgan fingerprint density at radius 1 is 1.38 bits per heavy atom. The van der Waals surface area contributed by atoms with Crippen LogP contribution in [0.15, 0.2) is 18.2 Å². The third-order valence-corrected chi connectivity index (χ3v) is 4.83. The molecule has 112 valence electrons. The highest BCUT2D eigenvalue weighted by Gasteiger charge is 2.14. The molecule has 4 nitrogen and oxygen atoms in total. The summed E-state index contributed by atoms with van der Waals surface area (Å²) in [6.45, 7) is 2.26. The van der Waals surface area contributed by atoms with Crippen LogP contribution in [0.5, 0.6) is 0 Å². The van der Waals surface area contributed by atoms with Crippen molar-refractivity contribution >= 4 is 49.9 Å². The van der Waals surface area contributed by atoms with E-state index in [1.54, 1.807) is 0 Å². The van der Waals surface area contributed by atoms with E-state index in [-0.39, 0.29) is 5.91 Å². The van der Waals surface area contributed by atoms with Crippen LogP contribution in [0.1, 0.15) is 25.7 Å². The Morgan fingerprint density at radius 3 is 2.95 bits per heavy atom. The summed E-state index contributed by atoms with van der Waals surface area (Å²) in [6.07, 6.45) is 3.67. The fraction of sp³-hybridized carbons (Fsp3) is 0.467. The van der Waals surface area contributed by atoms with Crippen LogP contribution in [0, 0.1) is 0 Å². The van der Waals surface area contributed by atoms with Crippen molar-refractivity contribution in [3.63, 3.8) is 0 Å². The van der Waals surface area contributed by atoms with Gasteiger partial charge < -0.3 is 10.2 Å². The molecule has 1 aromatic carbocycles. The first-order valence-electron chi connectivity index (χ1n) is 7.27. The molecule has 1 aliphatic heterocycles. The summed E-state index contributed by atoms with van der Waals surface area (Å²) in [6, 6.07) is 6.33. The number of halogens is 1. The van der Waals surface area contributed by atoms with Gasteiger partial charge in [0, 0.05) is 31.1 Å². The second kappa shape index (κ2) is 6.62. The topological polar surface area (TPSA) is 45.2 Å². The van der Waals surface area contributed by atoms with Crippen molar-refractivity contribution in [2.24, 2.45) is 0 Å². The number of benzene rings is 1. The molecule has 1 fully saturated rings. The van der Waals surface area contributed by atoms with Gasteiger partial charge in [-0.05, 0) is 37.5 Å². The van der Waals surface area contributed by atoms with E-state index in [2.05, 4.69) is 27.3 Å². The number of thiazole rings is 1. The summed E-state index contributed by atoms with van der Waals surface area (Å²) < 4.78 is 1.12. The molecule has 0 aliphatic carbocycles. The highest BCUT2D eigenvalue weighted by molar-refractivity contribution is 7.22. The van der Waals surface area contributed by atoms with Crippen molar-refractivity contribution in [3.8, 4) is 0 Å². The zero-order valence-corrected chi connectivity index (χ0v) is 13.3. The highest BCUT2D eigenvalue weighted by Crippen LogP contribution is 2.31. The van der Waals surface area contributed by atoms with Crippen molar-refractivity contribution in [1.29, 1.82) is 0 Å². The van der Waals surface area contributed by atoms with Crippen LogP contribution in [0.3, 0.4) is 0 Å². The number of hydrogen-bond donors (Lipinski definition) is 1. The van der Waals surface area contributed by atoms with Gasteiger partial charge in [-0.25, -0.2) is 4.98 Å². The molecule has 0 radical (unpaired) electrons. The predicted octanol–water partition coefficient (Wildman–Crippen LogP) is 3.85. The Kier molecular flexibility index (Phi) is 4.60. The molecule has 0 saturated carbocycles. The first-order valence-corrected chi connectivity index (χ1v) is 8.63. The molecular weight excluding hydrogens is 306 g/mol. The van der Waals surface area contributed by atoms with Gasteiger partial charge in [0.2, 0.25) is 5.91 Å². The smallest absolute Gasteiger partial charge is 0.226 e. The van der Waals surface area contributed by atoms with E-state index in [0.29, 0.717) is 23.9 Å². The lowest BCUT2D eigenvalue weighted by molar-refractivity contribution is -0.116. The molecule has 0 bridgehead atoms. The van der Waals surface area contributed by atoms with E-state index >= 15 is 0 Å². The minimum absolute atomic E-state index is 0.0190. The molecule has 21 heavy (non-hydrogen) atoms. The summed E-state index contributed by atoms with van der Waals surface area (Å²) in [5, 5.41) is 3.52. The Morgan fingerprint density at radius 2 is 2.19 bits per heavy atom. The SMILES string of the molecule is O=C(CCCCl)Nc1nc2ccc(N3CCCC3)cc2s1. The molecule has 6 heteroatoms. The van der Waals surface area contributed by atoms with Gasteiger partial charge >= 0.3 is 0 Å². The van der Waals surface area contributed by atoms with Crippen LogP contribution < -0.4 is 10.2 Å². The Balaban J connectivity index is 1.75. The van der Waals surface area contributed by atoms with Crippen molar-refractivity contribution in [2.75, 3.05) is 29.2 Å². The van der Waals surface area contributed by atoms with Gasteiger partial charge in [-0.1, -0.05) is 11.3 Å². The third-order valence-electron chi connectivity index (χ3n) is 3.63. The Bertz CT molecular complexity index is 637. The van der Waals surface area contributed by atoms with Crippen molar-refractivity contribution in [1.82, 2.24) is 4.98 Å². The molecule has 1 amide bonds. The first kappa shape index (κ1) is 14.6. The molecule has 2 heterocycles. The molecule has 1 N–H and O–H groups in total. The number of carbonyl (C=O) groups is 1. The lowest BCUT2D eigenvalue weighted by Gasteiger charge is -2.16. The van der Waals surface area contributed by atoms with Gasteiger partial charge in [-0.2, -0.15) is 0 Å². The number of amides is 1. The van der Waals surface area contributed by atoms with Crippen LogP contribution in [-0.2, 0) is 4.79 Å². The van der Waals surface area contributed by atoms with E-state index in [1.807, 2.05) is 6.07 Å². The quantitative estimate of drug-likeness (QED) is 0.850. The van der Waals surface area contributed by atoms with E-state index in [9.17, 15) is 4.79 Å². The van der Waals surface area contributed by atoms with Crippen molar-refractivity contribution < 1.29 is 4.79 Å². The van der Waals surface area contributed by atoms with E-state index in [0.717, 1.165) is 23.3 Å². The maximum absolute atomic E-state index is 11.7. The maximum atomic E-state index is 11.7. The lowest BCUT2D eigenvalue weighted by atomic mass is 10.3. The fourth-order valence-electron chi connectivity index (χ4n) is 2.55. The first-order chi connectivity index (χ1) is 10.3. The lowest BCUT2D eigenvalue weighted by Crippen LogP contribution is -2.17. The van der Waals surface area contributed by atoms with Crippen LogP contribution in [0.4, 0.5) is 10.8 Å². The fourth-order valence-corrected chi connectivity index (χ4v) is 3.60. The van der Waals surface area contributed by atoms with Crippen LogP contribution in [0.25, 0.3) is 10.2 Å². The average molecular weight is 324 g/mol. The van der Waals surface area contributed by atoms with E-state index in [1.165, 1.54) is 29.9 Å². The molecule has 0 atom stereocenters. The van der Waals surface area contributed by atoms with Gasteiger partial charge in [0.05, 0.1) is 10.2 Å². The molecule has 0 unspecified atom stereocenters. The summed E-state index contributed by atoms with van der Waals surface area (Å²) in [4.78, 5) is 18.6. The summed E-state index contributed by atoms with van der Waals surface area (Å²) in [5.41, 5.74) is 2.19. The summed E-state index contributed by atoms with van der Waals surface area (Å²) >= 11 is 7.12. The van der Waals surface area contributed by atoms with E-state index < -0.39 is 0 Å². The highest BCUT2D eigenvalue weighted by atomic mass is 35.5. The third kappa shape index (κ3) is 3.47. The minimum Gasteiger partial charge on any atom is -0.371 e. The minimum atomic E-state index is -0.0190. The van der Waals surface area contributed by atoms with Crippen LogP contribution in [-0.4, -0.2) is 29.9 Å². The molecule has 1 saturated heterocycles. The van der Waals surface area contributed by atoms with Gasteiger partial charge in [-0.3, -0.25) is 4.79 Å². The van der Waals surface area contributed by atoms with Crippen molar-refractivity contribution in [3.05, 3.63) is 18.2 Å². The molecule has 2 aromatic rings. The number of aromatic nitrogens is 1. The molecule has 1 aliphatic rings. The van der Waals surface area contributed by atoms with Crippen LogP contribution in [0.2, 0.25) is 0 Å². The predicted molar refractivity (Wildman–Crippen MR) is 89.7 cm³/mol. The zero-order valence-electron chi connectivity index (χ0n) is 11.8. The number of carbonyl (C=O) groups excluding carboxylic acids is 1. The monoisotopic (exact) mass is 323 g/mol. The largest absolute Gasteiger partial charge is 0.371 e. The van der Waals surface area contributed by atoms with Gasteiger partial charge in [-0.15, -0.1) is 11.6 Å².